The second-order valence-corrected chi connectivity index (χ2v) is 5.28. The number of nitro groups is 2. The van der Waals surface area contributed by atoms with Gasteiger partial charge in [0, 0.05) is 6.54 Å². The Morgan fingerprint density at radius 1 is 1.23 bits per heavy atom. The van der Waals surface area contributed by atoms with Gasteiger partial charge < -0.3 is 10.1 Å². The number of esters is 1. The van der Waals surface area contributed by atoms with E-state index >= 15 is 0 Å². The summed E-state index contributed by atoms with van der Waals surface area (Å²) in [5, 5.41) is 24.6. The third-order valence-corrected chi connectivity index (χ3v) is 3.67. The van der Waals surface area contributed by atoms with Gasteiger partial charge in [0.15, 0.2) is 0 Å². The van der Waals surface area contributed by atoms with Crippen LogP contribution in [0.3, 0.4) is 0 Å². The number of aromatic nitrogens is 1. The number of rotatable bonds is 8. The molecule has 1 aromatic carbocycles. The monoisotopic (exact) mass is 360 g/mol. The van der Waals surface area contributed by atoms with Crippen LogP contribution in [0.1, 0.15) is 17.9 Å². The van der Waals surface area contributed by atoms with Gasteiger partial charge >= 0.3 is 11.7 Å². The van der Waals surface area contributed by atoms with Crippen molar-refractivity contribution in [2.75, 3.05) is 19.0 Å². The van der Waals surface area contributed by atoms with Crippen LogP contribution in [0.15, 0.2) is 42.6 Å². The van der Waals surface area contributed by atoms with E-state index in [0.29, 0.717) is 6.42 Å². The number of hydrogen-bond donors (Lipinski definition) is 1. The Kier molecular flexibility index (Phi) is 6.15. The van der Waals surface area contributed by atoms with Crippen molar-refractivity contribution in [1.29, 1.82) is 0 Å². The van der Waals surface area contributed by atoms with E-state index < -0.39 is 33.1 Å². The van der Waals surface area contributed by atoms with E-state index in [2.05, 4.69) is 10.3 Å². The number of hydrogen-bond acceptors (Lipinski definition) is 8. The van der Waals surface area contributed by atoms with Gasteiger partial charge in [-0.05, 0) is 12.0 Å². The predicted molar refractivity (Wildman–Crippen MR) is 91.9 cm³/mol. The van der Waals surface area contributed by atoms with Crippen LogP contribution in [0.5, 0.6) is 0 Å². The first kappa shape index (κ1) is 18.8. The Balaban J connectivity index is 2.13. The summed E-state index contributed by atoms with van der Waals surface area (Å²) in [4.78, 5) is 36.1. The van der Waals surface area contributed by atoms with E-state index in [1.54, 1.807) is 24.3 Å². The van der Waals surface area contributed by atoms with Crippen molar-refractivity contribution in [3.8, 4) is 0 Å². The van der Waals surface area contributed by atoms with E-state index in [0.717, 1.165) is 17.8 Å². The van der Waals surface area contributed by atoms with Crippen molar-refractivity contribution >= 4 is 23.2 Å². The van der Waals surface area contributed by atoms with Gasteiger partial charge in [0.05, 0.1) is 28.9 Å². The fraction of sp³-hybridized carbons (Fsp3) is 0.250. The first-order valence-corrected chi connectivity index (χ1v) is 7.59. The quantitative estimate of drug-likeness (QED) is 0.431. The summed E-state index contributed by atoms with van der Waals surface area (Å²) >= 11 is 0. The second kappa shape index (κ2) is 8.51. The van der Waals surface area contributed by atoms with E-state index in [1.807, 2.05) is 6.07 Å². The molecule has 0 saturated heterocycles. The molecule has 0 amide bonds. The van der Waals surface area contributed by atoms with Gasteiger partial charge in [0.2, 0.25) is 5.82 Å². The Morgan fingerprint density at radius 2 is 1.92 bits per heavy atom. The number of pyridine rings is 1. The Morgan fingerprint density at radius 3 is 2.50 bits per heavy atom. The lowest BCUT2D eigenvalue weighted by Crippen LogP contribution is -2.18. The van der Waals surface area contributed by atoms with Crippen molar-refractivity contribution in [3.63, 3.8) is 0 Å². The molecular formula is C16H16N4O6. The third-order valence-electron chi connectivity index (χ3n) is 3.67. The number of benzene rings is 1. The zero-order valence-corrected chi connectivity index (χ0v) is 13.8. The third kappa shape index (κ3) is 4.50. The molecule has 1 N–H and O–H groups in total. The maximum Gasteiger partial charge on any atom is 0.318 e. The molecule has 2 rings (SSSR count). The Bertz CT molecular complexity index is 812. The van der Waals surface area contributed by atoms with Crippen molar-refractivity contribution < 1.29 is 19.4 Å². The van der Waals surface area contributed by atoms with Crippen LogP contribution in [0.4, 0.5) is 17.2 Å². The van der Waals surface area contributed by atoms with Gasteiger partial charge in [-0.3, -0.25) is 25.0 Å². The fourth-order valence-corrected chi connectivity index (χ4v) is 2.40. The maximum atomic E-state index is 12.0. The smallest absolute Gasteiger partial charge is 0.318 e. The lowest BCUT2D eigenvalue weighted by Gasteiger charge is -2.15. The molecule has 1 atom stereocenters. The number of nitrogens with one attached hydrogen (secondary N) is 1. The molecule has 1 aromatic heterocycles. The minimum atomic E-state index is -0.757. The lowest BCUT2D eigenvalue weighted by molar-refractivity contribution is -0.394. The highest BCUT2D eigenvalue weighted by molar-refractivity contribution is 5.78. The van der Waals surface area contributed by atoms with Gasteiger partial charge in [0.1, 0.15) is 6.20 Å². The number of carbonyl (C=O) groups is 1. The standard InChI is InChI=1S/C16H16N4O6/c1-26-16(21)13(11-5-3-2-4-6-11)7-8-17-15-14(20(24)25)9-12(10-18-15)19(22)23/h2-6,9-10,13H,7-8H2,1H3,(H,17,18). The van der Waals surface area contributed by atoms with Gasteiger partial charge in [0.25, 0.3) is 5.69 Å². The average molecular weight is 360 g/mol. The van der Waals surface area contributed by atoms with Crippen LogP contribution < -0.4 is 5.32 Å². The SMILES string of the molecule is COC(=O)C(CCNc1ncc([N+](=O)[O-])cc1[N+](=O)[O-])c1ccccc1. The summed E-state index contributed by atoms with van der Waals surface area (Å²) < 4.78 is 4.81. The highest BCUT2D eigenvalue weighted by Gasteiger charge is 2.23. The largest absolute Gasteiger partial charge is 0.469 e. The van der Waals surface area contributed by atoms with E-state index in [9.17, 15) is 25.0 Å². The van der Waals surface area contributed by atoms with Crippen LogP contribution in [0.25, 0.3) is 0 Å². The van der Waals surface area contributed by atoms with Crippen LogP contribution in [-0.2, 0) is 9.53 Å². The minimum absolute atomic E-state index is 0.0997. The molecule has 0 spiro atoms. The molecule has 10 heteroatoms. The van der Waals surface area contributed by atoms with E-state index in [1.165, 1.54) is 7.11 Å². The second-order valence-electron chi connectivity index (χ2n) is 5.28. The van der Waals surface area contributed by atoms with Crippen LogP contribution >= 0.6 is 0 Å². The molecule has 0 aliphatic carbocycles. The van der Waals surface area contributed by atoms with E-state index in [-0.39, 0.29) is 12.4 Å². The molecule has 0 radical (unpaired) electrons. The van der Waals surface area contributed by atoms with Crippen LogP contribution in [0.2, 0.25) is 0 Å². The summed E-state index contributed by atoms with van der Waals surface area (Å²) in [6, 6.07) is 9.82. The molecule has 26 heavy (non-hydrogen) atoms. The molecule has 0 aliphatic rings. The molecular weight excluding hydrogens is 344 g/mol. The minimum Gasteiger partial charge on any atom is -0.469 e. The Labute approximate surface area is 148 Å². The topological polar surface area (TPSA) is 138 Å². The van der Waals surface area contributed by atoms with Gasteiger partial charge in [-0.25, -0.2) is 4.98 Å². The number of anilines is 1. The number of carbonyl (C=O) groups excluding carboxylic acids is 1. The number of ether oxygens (including phenoxy) is 1. The molecule has 0 fully saturated rings. The van der Waals surface area contributed by atoms with Gasteiger partial charge in [-0.15, -0.1) is 0 Å². The van der Waals surface area contributed by atoms with Crippen molar-refractivity contribution in [2.45, 2.75) is 12.3 Å². The summed E-state index contributed by atoms with van der Waals surface area (Å²) in [5.41, 5.74) is -0.222. The van der Waals surface area contributed by atoms with Crippen LogP contribution in [-0.4, -0.2) is 34.5 Å². The van der Waals surface area contributed by atoms with Gasteiger partial charge in [-0.1, -0.05) is 30.3 Å². The summed E-state index contributed by atoms with van der Waals surface area (Å²) in [7, 11) is 1.29. The predicted octanol–water partition coefficient (Wildman–Crippen LogP) is 2.66. The Hall–Kier alpha value is -3.56. The maximum absolute atomic E-state index is 12.0. The van der Waals surface area contributed by atoms with Crippen LogP contribution in [0, 0.1) is 20.2 Å². The average Bonchev–Trinajstić information content (AvgIpc) is 2.65. The number of methoxy groups -OCH3 is 1. The highest BCUT2D eigenvalue weighted by Crippen LogP contribution is 2.27. The molecule has 136 valence electrons. The lowest BCUT2D eigenvalue weighted by atomic mass is 9.96. The first-order valence-electron chi connectivity index (χ1n) is 7.59. The fourth-order valence-electron chi connectivity index (χ4n) is 2.40. The summed E-state index contributed by atoms with van der Waals surface area (Å²) in [5.74, 6) is -1.08. The van der Waals surface area contributed by atoms with Gasteiger partial charge in [-0.2, -0.15) is 0 Å². The summed E-state index contributed by atoms with van der Waals surface area (Å²) in [6.07, 6.45) is 1.23. The first-order chi connectivity index (χ1) is 12.4. The molecule has 1 unspecified atom stereocenters. The number of nitrogens with zero attached hydrogens (tertiary/aromatic N) is 3. The zero-order chi connectivity index (χ0) is 19.1. The molecule has 1 heterocycles. The van der Waals surface area contributed by atoms with Crippen molar-refractivity contribution in [3.05, 3.63) is 68.4 Å². The molecule has 0 bridgehead atoms. The zero-order valence-electron chi connectivity index (χ0n) is 13.8. The van der Waals surface area contributed by atoms with Crippen molar-refractivity contribution in [1.82, 2.24) is 4.98 Å². The summed E-state index contributed by atoms with van der Waals surface area (Å²) in [6.45, 7) is 0.181. The molecule has 0 saturated carbocycles. The van der Waals surface area contributed by atoms with E-state index in [4.69, 9.17) is 4.74 Å². The van der Waals surface area contributed by atoms with Crippen molar-refractivity contribution in [2.24, 2.45) is 0 Å². The highest BCUT2D eigenvalue weighted by atomic mass is 16.6. The molecule has 0 aliphatic heterocycles. The molecule has 2 aromatic rings. The molecule has 10 nitrogen and oxygen atoms in total. The normalized spacial score (nSPS) is 11.4.